The van der Waals surface area contributed by atoms with Crippen LogP contribution in [0, 0.1) is 5.92 Å². The first-order valence-electron chi connectivity index (χ1n) is 11.3. The highest BCUT2D eigenvalue weighted by atomic mass is 16.6. The third kappa shape index (κ3) is 5.45. The van der Waals surface area contributed by atoms with Crippen LogP contribution in [-0.4, -0.2) is 89.2 Å². The average molecular weight is 424 g/mol. The van der Waals surface area contributed by atoms with Gasteiger partial charge in [-0.1, -0.05) is 0 Å². The molecule has 3 aliphatic heterocycles. The fourth-order valence-electron chi connectivity index (χ4n) is 4.74. The van der Waals surface area contributed by atoms with Crippen LogP contribution in [0.4, 0.5) is 4.79 Å². The molecule has 0 saturated carbocycles. The van der Waals surface area contributed by atoms with Gasteiger partial charge in [0, 0.05) is 38.6 Å². The Kier molecular flexibility index (Phi) is 6.95. The molecular weight excluding hydrogens is 386 g/mol. The van der Waals surface area contributed by atoms with E-state index in [0.29, 0.717) is 52.0 Å². The van der Waals surface area contributed by atoms with E-state index in [1.807, 2.05) is 44.4 Å². The monoisotopic (exact) mass is 423 g/mol. The minimum absolute atomic E-state index is 0.0159. The molecule has 0 N–H and O–H groups in total. The lowest BCUT2D eigenvalue weighted by atomic mass is 9.94. The third-order valence-corrected chi connectivity index (χ3v) is 6.05. The Bertz CT molecular complexity index is 644. The molecule has 0 spiro atoms. The third-order valence-electron chi connectivity index (χ3n) is 6.05. The summed E-state index contributed by atoms with van der Waals surface area (Å²) < 4.78 is 11.2. The topological polar surface area (TPSA) is 79.4 Å². The number of piperidine rings is 1. The second-order valence-corrected chi connectivity index (χ2v) is 9.93. The maximum absolute atomic E-state index is 13.1. The van der Waals surface area contributed by atoms with Crippen LogP contribution < -0.4 is 0 Å². The maximum atomic E-state index is 13.1. The van der Waals surface area contributed by atoms with Crippen LogP contribution in [-0.2, 0) is 19.1 Å². The first kappa shape index (κ1) is 22.8. The van der Waals surface area contributed by atoms with Gasteiger partial charge in [0.2, 0.25) is 11.8 Å². The fraction of sp³-hybridized carbons (Fsp3) is 0.864. The Morgan fingerprint density at radius 3 is 2.03 bits per heavy atom. The molecule has 3 aliphatic rings. The molecule has 30 heavy (non-hydrogen) atoms. The summed E-state index contributed by atoms with van der Waals surface area (Å²) in [5, 5.41) is 0. The molecule has 0 aromatic heterocycles. The number of nitrogens with zero attached hydrogens (tertiary/aromatic N) is 3. The van der Waals surface area contributed by atoms with Gasteiger partial charge >= 0.3 is 6.09 Å². The summed E-state index contributed by atoms with van der Waals surface area (Å²) in [6.45, 7) is 12.4. The average Bonchev–Trinajstić information content (AvgIpc) is 3.15. The van der Waals surface area contributed by atoms with E-state index >= 15 is 0 Å². The summed E-state index contributed by atoms with van der Waals surface area (Å²) in [6.07, 6.45) is 2.51. The first-order chi connectivity index (χ1) is 14.0. The molecule has 0 radical (unpaired) electrons. The number of hydrogen-bond acceptors (Lipinski definition) is 5. The predicted octanol–water partition coefficient (Wildman–Crippen LogP) is 2.26. The zero-order chi connectivity index (χ0) is 22.1. The van der Waals surface area contributed by atoms with E-state index in [1.54, 1.807) is 4.90 Å². The lowest BCUT2D eigenvalue weighted by Crippen LogP contribution is -2.53. The Labute approximate surface area is 179 Å². The number of amides is 3. The van der Waals surface area contributed by atoms with E-state index in [0.717, 1.165) is 6.42 Å². The Morgan fingerprint density at radius 1 is 0.867 bits per heavy atom. The molecule has 8 nitrogen and oxygen atoms in total. The van der Waals surface area contributed by atoms with Crippen molar-refractivity contribution in [2.24, 2.45) is 5.92 Å². The standard InChI is InChI=1S/C22H37N3O5/c1-15-13-24(14-16(2)29-15)19(26)17-8-11-23(12-9-17)20(27)18-7-6-10-25(18)21(28)30-22(3,4)5/h15-18H,6-14H2,1-5H3/t15?,16?,18-/m0/s1. The molecule has 3 heterocycles. The zero-order valence-corrected chi connectivity index (χ0v) is 19.1. The summed E-state index contributed by atoms with van der Waals surface area (Å²) in [5.74, 6) is 0.121. The number of morpholine rings is 1. The van der Waals surface area contributed by atoms with Gasteiger partial charge in [0.15, 0.2) is 0 Å². The minimum Gasteiger partial charge on any atom is -0.444 e. The number of hydrogen-bond donors (Lipinski definition) is 0. The van der Waals surface area contributed by atoms with Crippen LogP contribution in [0.5, 0.6) is 0 Å². The number of ether oxygens (including phenoxy) is 2. The molecule has 170 valence electrons. The van der Waals surface area contributed by atoms with Crippen LogP contribution in [0.3, 0.4) is 0 Å². The van der Waals surface area contributed by atoms with Crippen LogP contribution in [0.15, 0.2) is 0 Å². The Balaban J connectivity index is 1.53. The van der Waals surface area contributed by atoms with Gasteiger partial charge in [-0.15, -0.1) is 0 Å². The molecule has 0 aromatic carbocycles. The molecule has 3 atom stereocenters. The predicted molar refractivity (Wildman–Crippen MR) is 112 cm³/mol. The maximum Gasteiger partial charge on any atom is 0.410 e. The van der Waals surface area contributed by atoms with Crippen molar-refractivity contribution in [3.8, 4) is 0 Å². The molecule has 8 heteroatoms. The minimum atomic E-state index is -0.583. The van der Waals surface area contributed by atoms with Gasteiger partial charge in [0.25, 0.3) is 0 Å². The number of carbonyl (C=O) groups is 3. The second kappa shape index (κ2) is 9.12. The van der Waals surface area contributed by atoms with Crippen LogP contribution in [0.2, 0.25) is 0 Å². The van der Waals surface area contributed by atoms with Gasteiger partial charge < -0.3 is 19.3 Å². The highest BCUT2D eigenvalue weighted by Crippen LogP contribution is 2.26. The van der Waals surface area contributed by atoms with Gasteiger partial charge in [-0.3, -0.25) is 14.5 Å². The Hall–Kier alpha value is -1.83. The molecular formula is C22H37N3O5. The summed E-state index contributed by atoms with van der Waals surface area (Å²) in [4.78, 5) is 43.9. The van der Waals surface area contributed by atoms with Crippen molar-refractivity contribution in [3.05, 3.63) is 0 Å². The molecule has 2 unspecified atom stereocenters. The molecule has 0 aliphatic carbocycles. The van der Waals surface area contributed by atoms with Crippen molar-refractivity contribution >= 4 is 17.9 Å². The summed E-state index contributed by atoms with van der Waals surface area (Å²) >= 11 is 0. The molecule has 3 fully saturated rings. The molecule has 3 saturated heterocycles. The van der Waals surface area contributed by atoms with Crippen molar-refractivity contribution in [1.82, 2.24) is 14.7 Å². The van der Waals surface area contributed by atoms with Crippen molar-refractivity contribution in [2.45, 2.75) is 84.2 Å². The smallest absolute Gasteiger partial charge is 0.410 e. The highest BCUT2D eigenvalue weighted by molar-refractivity contribution is 5.87. The normalized spacial score (nSPS) is 28.6. The van der Waals surface area contributed by atoms with Crippen LogP contribution in [0.25, 0.3) is 0 Å². The van der Waals surface area contributed by atoms with E-state index in [-0.39, 0.29) is 29.9 Å². The molecule has 0 bridgehead atoms. The lowest BCUT2D eigenvalue weighted by Gasteiger charge is -2.40. The van der Waals surface area contributed by atoms with Crippen LogP contribution >= 0.6 is 0 Å². The second-order valence-electron chi connectivity index (χ2n) is 9.93. The van der Waals surface area contributed by atoms with Gasteiger partial charge in [0.05, 0.1) is 12.2 Å². The largest absolute Gasteiger partial charge is 0.444 e. The summed E-state index contributed by atoms with van der Waals surface area (Å²) in [6, 6.07) is -0.451. The van der Waals surface area contributed by atoms with Gasteiger partial charge in [-0.05, 0) is 60.3 Å². The lowest BCUT2D eigenvalue weighted by molar-refractivity contribution is -0.150. The van der Waals surface area contributed by atoms with Gasteiger partial charge in [-0.2, -0.15) is 0 Å². The highest BCUT2D eigenvalue weighted by Gasteiger charge is 2.40. The number of likely N-dealkylation sites (tertiary alicyclic amines) is 2. The van der Waals surface area contributed by atoms with Crippen molar-refractivity contribution in [1.29, 1.82) is 0 Å². The van der Waals surface area contributed by atoms with E-state index in [4.69, 9.17) is 9.47 Å². The van der Waals surface area contributed by atoms with E-state index in [1.165, 1.54) is 0 Å². The number of rotatable bonds is 2. The SMILES string of the molecule is CC1CN(C(=O)C2CCN(C(=O)[C@@H]3CCCN3C(=O)OC(C)(C)C)CC2)CC(C)O1. The first-order valence-corrected chi connectivity index (χ1v) is 11.3. The number of carbonyl (C=O) groups excluding carboxylic acids is 3. The quantitative estimate of drug-likeness (QED) is 0.681. The summed E-state index contributed by atoms with van der Waals surface area (Å²) in [7, 11) is 0. The fourth-order valence-corrected chi connectivity index (χ4v) is 4.74. The van der Waals surface area contributed by atoms with E-state index in [2.05, 4.69) is 0 Å². The van der Waals surface area contributed by atoms with Crippen LogP contribution in [0.1, 0.15) is 60.3 Å². The zero-order valence-electron chi connectivity index (χ0n) is 19.1. The van der Waals surface area contributed by atoms with E-state index < -0.39 is 17.7 Å². The van der Waals surface area contributed by atoms with Gasteiger partial charge in [0.1, 0.15) is 11.6 Å². The van der Waals surface area contributed by atoms with Crippen molar-refractivity contribution in [3.63, 3.8) is 0 Å². The van der Waals surface area contributed by atoms with Gasteiger partial charge in [-0.25, -0.2) is 4.79 Å². The molecule has 0 aromatic rings. The van der Waals surface area contributed by atoms with E-state index in [9.17, 15) is 14.4 Å². The van der Waals surface area contributed by atoms with Crippen molar-refractivity contribution in [2.75, 3.05) is 32.7 Å². The Morgan fingerprint density at radius 2 is 1.47 bits per heavy atom. The van der Waals surface area contributed by atoms with Crippen molar-refractivity contribution < 1.29 is 23.9 Å². The molecule has 3 rings (SSSR count). The molecule has 3 amide bonds. The summed E-state index contributed by atoms with van der Waals surface area (Å²) in [5.41, 5.74) is -0.583.